The lowest BCUT2D eigenvalue weighted by Gasteiger charge is -2.20. The third-order valence-electron chi connectivity index (χ3n) is 2.44. The van der Waals surface area contributed by atoms with E-state index in [1.54, 1.807) is 0 Å². The molecule has 0 aromatic heterocycles. The molecule has 0 saturated carbocycles. The summed E-state index contributed by atoms with van der Waals surface area (Å²) in [7, 11) is 0. The van der Waals surface area contributed by atoms with E-state index in [0.717, 1.165) is 30.8 Å². The van der Waals surface area contributed by atoms with Gasteiger partial charge >= 0.3 is 0 Å². The zero-order chi connectivity index (χ0) is 11.0. The van der Waals surface area contributed by atoms with E-state index in [4.69, 9.17) is 23.1 Å². The van der Waals surface area contributed by atoms with Crippen LogP contribution in [0.25, 0.3) is 0 Å². The van der Waals surface area contributed by atoms with Crippen LogP contribution in [0.1, 0.15) is 33.1 Å². The molecule has 0 bridgehead atoms. The minimum Gasteiger partial charge on any atom is -0.396 e. The van der Waals surface area contributed by atoms with E-state index in [0.29, 0.717) is 5.92 Å². The van der Waals surface area contributed by atoms with Gasteiger partial charge in [0.2, 0.25) is 0 Å². The van der Waals surface area contributed by atoms with Crippen LogP contribution in [0, 0.1) is 5.92 Å². The third-order valence-corrected chi connectivity index (χ3v) is 2.86. The maximum Gasteiger partial charge on any atom is 0.0926 e. The van der Waals surface area contributed by atoms with Crippen LogP contribution in [0.3, 0.4) is 0 Å². The molecule has 0 aliphatic rings. The highest BCUT2D eigenvalue weighted by atomic mass is 32.1. The highest BCUT2D eigenvalue weighted by Crippen LogP contribution is 2.05. The van der Waals surface area contributed by atoms with Gasteiger partial charge in [-0.2, -0.15) is 0 Å². The highest BCUT2D eigenvalue weighted by molar-refractivity contribution is 7.80. The molecule has 84 valence electrons. The second-order valence-corrected chi connectivity index (χ2v) is 4.07. The van der Waals surface area contributed by atoms with E-state index in [-0.39, 0.29) is 12.6 Å². The zero-order valence-electron chi connectivity index (χ0n) is 9.12. The van der Waals surface area contributed by atoms with Gasteiger partial charge < -0.3 is 16.2 Å². The molecule has 0 saturated heterocycles. The SMILES string of the molecule is CCC(C)C(N)C(=S)NCCCCO. The smallest absolute Gasteiger partial charge is 0.0926 e. The number of rotatable bonds is 7. The van der Waals surface area contributed by atoms with E-state index in [1.807, 2.05) is 0 Å². The normalized spacial score (nSPS) is 14.9. The number of aliphatic hydroxyl groups excluding tert-OH is 1. The molecule has 0 aliphatic heterocycles. The molecule has 0 heterocycles. The molecule has 0 amide bonds. The summed E-state index contributed by atoms with van der Waals surface area (Å²) in [5.41, 5.74) is 5.93. The number of aliphatic hydroxyl groups is 1. The van der Waals surface area contributed by atoms with E-state index >= 15 is 0 Å². The van der Waals surface area contributed by atoms with Crippen LogP contribution in [-0.2, 0) is 0 Å². The molecule has 0 spiro atoms. The van der Waals surface area contributed by atoms with Crippen LogP contribution >= 0.6 is 12.2 Å². The van der Waals surface area contributed by atoms with Crippen LogP contribution in [0.5, 0.6) is 0 Å². The van der Waals surface area contributed by atoms with Gasteiger partial charge in [-0.05, 0) is 18.8 Å². The fraction of sp³-hybridized carbons (Fsp3) is 0.900. The minimum absolute atomic E-state index is 0.0378. The lowest BCUT2D eigenvalue weighted by atomic mass is 10.00. The van der Waals surface area contributed by atoms with E-state index in [9.17, 15) is 0 Å². The molecule has 4 heteroatoms. The van der Waals surface area contributed by atoms with Gasteiger partial charge in [-0.1, -0.05) is 32.5 Å². The number of hydrogen-bond donors (Lipinski definition) is 3. The van der Waals surface area contributed by atoms with Gasteiger partial charge in [0.1, 0.15) is 0 Å². The van der Waals surface area contributed by atoms with Gasteiger partial charge in [0.05, 0.1) is 11.0 Å². The Balaban J connectivity index is 3.62. The Kier molecular flexibility index (Phi) is 8.04. The summed E-state index contributed by atoms with van der Waals surface area (Å²) in [6.07, 6.45) is 2.79. The first kappa shape index (κ1) is 13.8. The van der Waals surface area contributed by atoms with Crippen molar-refractivity contribution in [3.05, 3.63) is 0 Å². The molecule has 0 rings (SSSR count). The van der Waals surface area contributed by atoms with Crippen molar-refractivity contribution in [2.45, 2.75) is 39.2 Å². The Morgan fingerprint density at radius 3 is 2.64 bits per heavy atom. The maximum absolute atomic E-state index is 8.58. The van der Waals surface area contributed by atoms with Gasteiger partial charge in [-0.25, -0.2) is 0 Å². The predicted molar refractivity (Wildman–Crippen MR) is 64.4 cm³/mol. The van der Waals surface area contributed by atoms with Crippen molar-refractivity contribution < 1.29 is 5.11 Å². The Hall–Kier alpha value is -0.190. The maximum atomic E-state index is 8.58. The number of unbranched alkanes of at least 4 members (excludes halogenated alkanes) is 1. The van der Waals surface area contributed by atoms with Crippen LogP contribution in [0.15, 0.2) is 0 Å². The van der Waals surface area contributed by atoms with E-state index in [1.165, 1.54) is 0 Å². The molecule has 0 aromatic rings. The van der Waals surface area contributed by atoms with Crippen LogP contribution in [0.4, 0.5) is 0 Å². The Morgan fingerprint density at radius 1 is 1.50 bits per heavy atom. The van der Waals surface area contributed by atoms with E-state index < -0.39 is 0 Å². The first-order chi connectivity index (χ1) is 6.63. The molecular formula is C10H22N2OS. The number of nitrogens with one attached hydrogen (secondary N) is 1. The fourth-order valence-corrected chi connectivity index (χ4v) is 1.41. The summed E-state index contributed by atoms with van der Waals surface area (Å²) in [4.78, 5) is 0.747. The summed E-state index contributed by atoms with van der Waals surface area (Å²) < 4.78 is 0. The quantitative estimate of drug-likeness (QED) is 0.441. The molecule has 0 fully saturated rings. The first-order valence-electron chi connectivity index (χ1n) is 5.27. The lowest BCUT2D eigenvalue weighted by Crippen LogP contribution is -2.43. The Labute approximate surface area is 92.1 Å². The monoisotopic (exact) mass is 218 g/mol. The second kappa shape index (κ2) is 8.15. The van der Waals surface area contributed by atoms with Crippen molar-refractivity contribution in [1.29, 1.82) is 0 Å². The fourth-order valence-electron chi connectivity index (χ4n) is 1.08. The van der Waals surface area contributed by atoms with Gasteiger partial charge in [0, 0.05) is 13.2 Å². The van der Waals surface area contributed by atoms with E-state index in [2.05, 4.69) is 19.2 Å². The third kappa shape index (κ3) is 5.52. The lowest BCUT2D eigenvalue weighted by molar-refractivity contribution is 0.284. The average Bonchev–Trinajstić information content (AvgIpc) is 2.21. The number of hydrogen-bond acceptors (Lipinski definition) is 3. The topological polar surface area (TPSA) is 58.3 Å². The van der Waals surface area contributed by atoms with Gasteiger partial charge in [-0.3, -0.25) is 0 Å². The molecule has 2 unspecified atom stereocenters. The molecular weight excluding hydrogens is 196 g/mol. The highest BCUT2D eigenvalue weighted by Gasteiger charge is 2.14. The van der Waals surface area contributed by atoms with Crippen LogP contribution in [-0.4, -0.2) is 29.3 Å². The van der Waals surface area contributed by atoms with Crippen molar-refractivity contribution >= 4 is 17.2 Å². The molecule has 0 aliphatic carbocycles. The van der Waals surface area contributed by atoms with Crippen molar-refractivity contribution in [2.24, 2.45) is 11.7 Å². The van der Waals surface area contributed by atoms with Gasteiger partial charge in [-0.15, -0.1) is 0 Å². The Bertz CT molecular complexity index is 164. The van der Waals surface area contributed by atoms with Gasteiger partial charge in [0.25, 0.3) is 0 Å². The summed E-state index contributed by atoms with van der Waals surface area (Å²) in [6, 6.07) is -0.0378. The van der Waals surface area contributed by atoms with Crippen molar-refractivity contribution in [1.82, 2.24) is 5.32 Å². The van der Waals surface area contributed by atoms with Crippen LogP contribution in [0.2, 0.25) is 0 Å². The standard InChI is InChI=1S/C10H22N2OS/c1-3-8(2)9(11)10(14)12-6-4-5-7-13/h8-9,13H,3-7,11H2,1-2H3,(H,12,14). The second-order valence-electron chi connectivity index (χ2n) is 3.63. The number of nitrogens with two attached hydrogens (primary N) is 1. The predicted octanol–water partition coefficient (Wildman–Crippen LogP) is 1.05. The summed E-state index contributed by atoms with van der Waals surface area (Å²) in [5, 5.41) is 11.7. The average molecular weight is 218 g/mol. The van der Waals surface area contributed by atoms with Crippen molar-refractivity contribution in [2.75, 3.05) is 13.2 Å². The molecule has 4 N–H and O–H groups in total. The van der Waals surface area contributed by atoms with Crippen LogP contribution < -0.4 is 11.1 Å². The Morgan fingerprint density at radius 2 is 2.14 bits per heavy atom. The zero-order valence-corrected chi connectivity index (χ0v) is 9.94. The molecule has 0 aromatic carbocycles. The summed E-state index contributed by atoms with van der Waals surface area (Å²) in [5.74, 6) is 0.424. The molecule has 0 radical (unpaired) electrons. The van der Waals surface area contributed by atoms with Crippen molar-refractivity contribution in [3.63, 3.8) is 0 Å². The van der Waals surface area contributed by atoms with Crippen molar-refractivity contribution in [3.8, 4) is 0 Å². The largest absolute Gasteiger partial charge is 0.396 e. The summed E-state index contributed by atoms with van der Waals surface area (Å²) >= 11 is 5.17. The molecule has 3 nitrogen and oxygen atoms in total. The summed E-state index contributed by atoms with van der Waals surface area (Å²) in [6.45, 7) is 5.26. The number of thiocarbonyl (C=S) groups is 1. The van der Waals surface area contributed by atoms with Gasteiger partial charge in [0.15, 0.2) is 0 Å². The molecule has 2 atom stereocenters. The minimum atomic E-state index is -0.0378. The first-order valence-corrected chi connectivity index (χ1v) is 5.68. The molecule has 14 heavy (non-hydrogen) atoms.